The molecule has 246 valence electrons. The van der Waals surface area contributed by atoms with E-state index in [9.17, 15) is 0 Å². The average molecular weight is 693 g/mol. The summed E-state index contributed by atoms with van der Waals surface area (Å²) in [6.45, 7) is 8.10. The molecule has 0 N–H and O–H groups in total. The molecule has 3 heterocycles. The molecule has 0 bridgehead atoms. The van der Waals surface area contributed by atoms with E-state index >= 15 is 0 Å². The maximum absolute atomic E-state index is 8.10. The lowest BCUT2D eigenvalue weighted by atomic mass is 9.97. The minimum atomic E-state index is 0.510. The largest absolute Gasteiger partial charge is 0.465 e. The minimum absolute atomic E-state index is 0.510. The minimum Gasteiger partial charge on any atom is -0.465 e. The van der Waals surface area contributed by atoms with Crippen molar-refractivity contribution in [2.45, 2.75) is 0 Å². The second kappa shape index (κ2) is 11.5. The Labute approximate surface area is 309 Å². The molecule has 0 atom stereocenters. The zero-order valence-corrected chi connectivity index (χ0v) is 29.2. The molecule has 0 aliphatic heterocycles. The molecule has 11 rings (SSSR count). The Hall–Kier alpha value is -6.93. The molecular formula is C49H28N2OS. The SMILES string of the molecule is [C-]#[N+]c1ccc(-c2ccc3c(c2)sc2ccccc23)c2c1oc1c(-n3c4ccc(-c5ccccc5)cc4c4cc(-c5ccccc5)ccc43)cccc12. The fourth-order valence-electron chi connectivity index (χ4n) is 8.17. The molecule has 0 amide bonds. The van der Waals surface area contributed by atoms with Crippen LogP contribution in [0.5, 0.6) is 0 Å². The van der Waals surface area contributed by atoms with Crippen molar-refractivity contribution < 1.29 is 4.42 Å². The lowest BCUT2D eigenvalue weighted by Gasteiger charge is -2.10. The predicted molar refractivity (Wildman–Crippen MR) is 224 cm³/mol. The van der Waals surface area contributed by atoms with Gasteiger partial charge >= 0.3 is 0 Å². The number of para-hydroxylation sites is 1. The van der Waals surface area contributed by atoms with Crippen LogP contribution in [-0.4, -0.2) is 4.57 Å². The molecular weight excluding hydrogens is 665 g/mol. The number of benzene rings is 8. The van der Waals surface area contributed by atoms with Crippen molar-refractivity contribution in [2.24, 2.45) is 0 Å². The first-order chi connectivity index (χ1) is 26.2. The Bertz CT molecular complexity index is 3190. The molecule has 3 nitrogen and oxygen atoms in total. The highest BCUT2D eigenvalue weighted by Crippen LogP contribution is 2.46. The van der Waals surface area contributed by atoms with Gasteiger partial charge in [0, 0.05) is 41.7 Å². The van der Waals surface area contributed by atoms with Crippen LogP contribution in [0, 0.1) is 6.57 Å². The zero-order valence-electron chi connectivity index (χ0n) is 28.4. The molecule has 53 heavy (non-hydrogen) atoms. The van der Waals surface area contributed by atoms with E-state index in [0.29, 0.717) is 11.3 Å². The normalized spacial score (nSPS) is 11.8. The number of thiophene rings is 1. The summed E-state index contributed by atoms with van der Waals surface area (Å²) in [6, 6.07) is 60.3. The fourth-order valence-corrected chi connectivity index (χ4v) is 9.32. The highest BCUT2D eigenvalue weighted by molar-refractivity contribution is 7.25. The van der Waals surface area contributed by atoms with Gasteiger partial charge in [-0.3, -0.25) is 0 Å². The third kappa shape index (κ3) is 4.52. The Balaban J connectivity index is 1.18. The summed E-state index contributed by atoms with van der Waals surface area (Å²) in [7, 11) is 0. The van der Waals surface area contributed by atoms with Gasteiger partial charge in [0.1, 0.15) is 5.58 Å². The fraction of sp³-hybridized carbons (Fsp3) is 0. The van der Waals surface area contributed by atoms with Crippen molar-refractivity contribution >= 4 is 80.9 Å². The third-order valence-electron chi connectivity index (χ3n) is 10.6. The van der Waals surface area contributed by atoms with Gasteiger partial charge in [0.15, 0.2) is 5.58 Å². The van der Waals surface area contributed by atoms with Crippen molar-refractivity contribution in [3.8, 4) is 39.1 Å². The molecule has 0 spiro atoms. The third-order valence-corrected chi connectivity index (χ3v) is 11.8. The van der Waals surface area contributed by atoms with Crippen LogP contribution < -0.4 is 0 Å². The monoisotopic (exact) mass is 692 g/mol. The van der Waals surface area contributed by atoms with Crippen LogP contribution in [0.2, 0.25) is 0 Å². The van der Waals surface area contributed by atoms with Crippen molar-refractivity contribution in [2.75, 3.05) is 0 Å². The van der Waals surface area contributed by atoms with E-state index in [1.54, 1.807) is 0 Å². The van der Waals surface area contributed by atoms with Gasteiger partial charge in [0.2, 0.25) is 5.69 Å². The Kier molecular flexibility index (Phi) is 6.48. The van der Waals surface area contributed by atoms with Gasteiger partial charge in [-0.1, -0.05) is 127 Å². The van der Waals surface area contributed by atoms with Crippen molar-refractivity contribution in [3.05, 3.63) is 181 Å². The molecule has 4 heteroatoms. The van der Waals surface area contributed by atoms with E-state index in [1.165, 1.54) is 53.2 Å². The summed E-state index contributed by atoms with van der Waals surface area (Å²) in [5.41, 5.74) is 11.9. The topological polar surface area (TPSA) is 22.4 Å². The second-order valence-electron chi connectivity index (χ2n) is 13.5. The number of aromatic nitrogens is 1. The van der Waals surface area contributed by atoms with Gasteiger partial charge in [0.05, 0.1) is 23.3 Å². The summed E-state index contributed by atoms with van der Waals surface area (Å²) in [6.07, 6.45) is 0. The average Bonchev–Trinajstić information content (AvgIpc) is 3.90. The van der Waals surface area contributed by atoms with Gasteiger partial charge in [-0.15, -0.1) is 11.3 Å². The molecule has 0 saturated carbocycles. The molecule has 0 aliphatic rings. The standard InChI is InChI=1S/C49H28N2OS/c1-50-41-24-23-35(34-19-22-37-36-15-8-9-18-45(36)53-46(37)29-34)47-38-16-10-17-44(48(38)52-49(41)47)51-42-25-20-32(30-11-4-2-5-12-30)27-39(42)40-28-33(21-26-43(40)51)31-13-6-3-7-14-31/h2-29H. The molecule has 0 saturated heterocycles. The number of furan rings is 1. The first-order valence-corrected chi connectivity index (χ1v) is 18.5. The zero-order chi connectivity index (χ0) is 35.0. The number of hydrogen-bond acceptors (Lipinski definition) is 2. The van der Waals surface area contributed by atoms with Crippen molar-refractivity contribution in [3.63, 3.8) is 0 Å². The molecule has 3 aromatic heterocycles. The van der Waals surface area contributed by atoms with E-state index in [4.69, 9.17) is 11.0 Å². The lowest BCUT2D eigenvalue weighted by Crippen LogP contribution is -1.94. The van der Waals surface area contributed by atoms with Crippen LogP contribution in [0.1, 0.15) is 0 Å². The lowest BCUT2D eigenvalue weighted by molar-refractivity contribution is 0.668. The van der Waals surface area contributed by atoms with Crippen LogP contribution in [0.25, 0.3) is 108 Å². The van der Waals surface area contributed by atoms with Crippen molar-refractivity contribution in [1.82, 2.24) is 4.57 Å². The van der Waals surface area contributed by atoms with Gasteiger partial charge in [-0.2, -0.15) is 0 Å². The van der Waals surface area contributed by atoms with Crippen molar-refractivity contribution in [1.29, 1.82) is 0 Å². The molecule has 0 aliphatic carbocycles. The van der Waals surface area contributed by atoms with Gasteiger partial charge in [-0.25, -0.2) is 4.85 Å². The van der Waals surface area contributed by atoms with Gasteiger partial charge < -0.3 is 8.98 Å². The number of rotatable bonds is 4. The number of nitrogens with zero attached hydrogens (tertiary/aromatic N) is 2. The first-order valence-electron chi connectivity index (χ1n) is 17.7. The van der Waals surface area contributed by atoms with Crippen LogP contribution in [0.4, 0.5) is 5.69 Å². The van der Waals surface area contributed by atoms with E-state index in [0.717, 1.165) is 44.2 Å². The van der Waals surface area contributed by atoms with Gasteiger partial charge in [0.25, 0.3) is 0 Å². The quantitative estimate of drug-likeness (QED) is 0.168. The molecule has 0 unspecified atom stereocenters. The predicted octanol–water partition coefficient (Wildman–Crippen LogP) is 14.6. The number of fused-ring (bicyclic) bond motifs is 9. The van der Waals surface area contributed by atoms with Crippen LogP contribution >= 0.6 is 11.3 Å². The number of hydrogen-bond donors (Lipinski definition) is 0. The summed E-state index contributed by atoms with van der Waals surface area (Å²) in [5.74, 6) is 0. The van der Waals surface area contributed by atoms with E-state index < -0.39 is 0 Å². The Morgan fingerprint density at radius 3 is 1.77 bits per heavy atom. The van der Waals surface area contributed by atoms with Crippen LogP contribution in [0.3, 0.4) is 0 Å². The maximum Gasteiger partial charge on any atom is 0.229 e. The molecule has 0 radical (unpaired) electrons. The summed E-state index contributed by atoms with van der Waals surface area (Å²) in [4.78, 5) is 3.93. The Morgan fingerprint density at radius 2 is 1.08 bits per heavy atom. The van der Waals surface area contributed by atoms with E-state index in [-0.39, 0.29) is 0 Å². The molecule has 11 aromatic rings. The summed E-state index contributed by atoms with van der Waals surface area (Å²) < 4.78 is 11.7. The summed E-state index contributed by atoms with van der Waals surface area (Å²) >= 11 is 1.82. The highest BCUT2D eigenvalue weighted by Gasteiger charge is 2.22. The molecule has 0 fully saturated rings. The Morgan fingerprint density at radius 1 is 0.453 bits per heavy atom. The van der Waals surface area contributed by atoms with Crippen LogP contribution in [-0.2, 0) is 0 Å². The van der Waals surface area contributed by atoms with E-state index in [1.807, 2.05) is 17.4 Å². The van der Waals surface area contributed by atoms with E-state index in [2.05, 4.69) is 173 Å². The van der Waals surface area contributed by atoms with Crippen LogP contribution in [0.15, 0.2) is 174 Å². The second-order valence-corrected chi connectivity index (χ2v) is 14.6. The smallest absolute Gasteiger partial charge is 0.229 e. The highest BCUT2D eigenvalue weighted by atomic mass is 32.1. The summed E-state index contributed by atoms with van der Waals surface area (Å²) in [5, 5.41) is 6.85. The van der Waals surface area contributed by atoms with Gasteiger partial charge in [-0.05, 0) is 75.8 Å². The molecule has 8 aromatic carbocycles. The first kappa shape index (κ1) is 29.8. The maximum atomic E-state index is 8.10.